The average molecular weight is 283 g/mol. The number of halogens is 2. The molecule has 16 heavy (non-hydrogen) atoms. The number of benzene rings is 1. The second-order valence-electron chi connectivity index (χ2n) is 3.66. The second-order valence-corrected chi connectivity index (χ2v) is 6.63. The summed E-state index contributed by atoms with van der Waals surface area (Å²) in [6.45, 7) is 0. The number of hydrogen-bond donors (Lipinski definition) is 1. The largest absolute Gasteiger partial charge is 0.392 e. The van der Waals surface area contributed by atoms with E-state index in [4.69, 9.17) is 23.2 Å². The monoisotopic (exact) mass is 282 g/mol. The summed E-state index contributed by atoms with van der Waals surface area (Å²) in [5.41, 5.74) is 0.644. The highest BCUT2D eigenvalue weighted by molar-refractivity contribution is 7.90. The van der Waals surface area contributed by atoms with Gasteiger partial charge in [-0.05, 0) is 11.6 Å². The van der Waals surface area contributed by atoms with Crippen LogP contribution in [-0.2, 0) is 16.3 Å². The molecule has 3 nitrogen and oxygen atoms in total. The Bertz CT molecular complexity index is 471. The number of hydrogen-bond acceptors (Lipinski definition) is 3. The predicted octanol–water partition coefficient (Wildman–Crippen LogP) is 1.94. The van der Waals surface area contributed by atoms with Crippen LogP contribution in [-0.4, -0.2) is 31.6 Å². The van der Waals surface area contributed by atoms with E-state index in [1.165, 1.54) is 0 Å². The Labute approximate surface area is 105 Å². The first kappa shape index (κ1) is 13.8. The van der Waals surface area contributed by atoms with E-state index in [1.54, 1.807) is 18.2 Å². The Kier molecular flexibility index (Phi) is 4.62. The Morgan fingerprint density at radius 2 is 2.00 bits per heavy atom. The van der Waals surface area contributed by atoms with Crippen molar-refractivity contribution in [2.45, 2.75) is 12.5 Å². The third-order valence-electron chi connectivity index (χ3n) is 1.98. The molecule has 0 saturated heterocycles. The molecular weight excluding hydrogens is 271 g/mol. The molecule has 0 radical (unpaired) electrons. The van der Waals surface area contributed by atoms with Crippen LogP contribution >= 0.6 is 23.2 Å². The molecular formula is C10H12Cl2O3S. The van der Waals surface area contributed by atoms with Crippen LogP contribution in [0.4, 0.5) is 0 Å². The Morgan fingerprint density at radius 3 is 2.56 bits per heavy atom. The molecule has 1 unspecified atom stereocenters. The molecule has 0 spiro atoms. The summed E-state index contributed by atoms with van der Waals surface area (Å²) in [6.07, 6.45) is 0.286. The molecule has 0 aliphatic carbocycles. The first-order chi connectivity index (χ1) is 7.29. The smallest absolute Gasteiger partial charge is 0.150 e. The van der Waals surface area contributed by atoms with Gasteiger partial charge in [0.05, 0.1) is 21.9 Å². The average Bonchev–Trinajstić information content (AvgIpc) is 2.09. The van der Waals surface area contributed by atoms with Crippen LogP contribution in [0.25, 0.3) is 0 Å². The maximum Gasteiger partial charge on any atom is 0.150 e. The van der Waals surface area contributed by atoms with E-state index in [9.17, 15) is 13.5 Å². The van der Waals surface area contributed by atoms with Gasteiger partial charge in [0.2, 0.25) is 0 Å². The minimum atomic E-state index is -3.19. The van der Waals surface area contributed by atoms with Crippen LogP contribution < -0.4 is 0 Å². The van der Waals surface area contributed by atoms with Crippen LogP contribution in [0.1, 0.15) is 5.56 Å². The molecule has 6 heteroatoms. The highest BCUT2D eigenvalue weighted by atomic mass is 35.5. The van der Waals surface area contributed by atoms with Crippen LogP contribution in [0, 0.1) is 0 Å². The predicted molar refractivity (Wildman–Crippen MR) is 65.9 cm³/mol. The van der Waals surface area contributed by atoms with E-state index >= 15 is 0 Å². The fourth-order valence-electron chi connectivity index (χ4n) is 1.37. The fraction of sp³-hybridized carbons (Fsp3) is 0.400. The lowest BCUT2D eigenvalue weighted by atomic mass is 10.1. The molecule has 1 aromatic carbocycles. The number of rotatable bonds is 4. The first-order valence-corrected chi connectivity index (χ1v) is 7.40. The van der Waals surface area contributed by atoms with Crippen molar-refractivity contribution in [3.8, 4) is 0 Å². The Morgan fingerprint density at radius 1 is 1.38 bits per heavy atom. The second kappa shape index (κ2) is 5.36. The zero-order valence-electron chi connectivity index (χ0n) is 8.65. The van der Waals surface area contributed by atoms with Gasteiger partial charge in [-0.3, -0.25) is 0 Å². The summed E-state index contributed by atoms with van der Waals surface area (Å²) < 4.78 is 21.9. The molecule has 0 aliphatic rings. The molecule has 0 fully saturated rings. The zero-order valence-corrected chi connectivity index (χ0v) is 11.0. The van der Waals surface area contributed by atoms with Crippen molar-refractivity contribution in [1.29, 1.82) is 0 Å². The Balaban J connectivity index is 2.77. The van der Waals surface area contributed by atoms with Gasteiger partial charge in [0, 0.05) is 12.7 Å². The topological polar surface area (TPSA) is 54.4 Å². The van der Waals surface area contributed by atoms with Crippen molar-refractivity contribution in [3.63, 3.8) is 0 Å². The Hall–Kier alpha value is -0.290. The van der Waals surface area contributed by atoms with Crippen molar-refractivity contribution in [1.82, 2.24) is 0 Å². The first-order valence-electron chi connectivity index (χ1n) is 4.58. The van der Waals surface area contributed by atoms with Crippen LogP contribution in [0.2, 0.25) is 10.0 Å². The third-order valence-corrected chi connectivity index (χ3v) is 3.83. The van der Waals surface area contributed by atoms with Crippen molar-refractivity contribution in [3.05, 3.63) is 33.8 Å². The summed E-state index contributed by atoms with van der Waals surface area (Å²) in [6, 6.07) is 5.05. The number of aliphatic hydroxyl groups is 1. The van der Waals surface area contributed by atoms with E-state index in [2.05, 4.69) is 0 Å². The molecule has 0 aliphatic heterocycles. The van der Waals surface area contributed by atoms with Gasteiger partial charge in [0.1, 0.15) is 9.84 Å². The zero-order chi connectivity index (χ0) is 12.3. The minimum Gasteiger partial charge on any atom is -0.392 e. The van der Waals surface area contributed by atoms with Crippen LogP contribution in [0.5, 0.6) is 0 Å². The van der Waals surface area contributed by atoms with Gasteiger partial charge in [-0.15, -0.1) is 0 Å². The van der Waals surface area contributed by atoms with Crippen molar-refractivity contribution in [2.24, 2.45) is 0 Å². The lowest BCUT2D eigenvalue weighted by Crippen LogP contribution is -2.22. The van der Waals surface area contributed by atoms with E-state index in [0.717, 1.165) is 6.26 Å². The van der Waals surface area contributed by atoms with E-state index in [0.29, 0.717) is 15.6 Å². The van der Waals surface area contributed by atoms with Crippen molar-refractivity contribution < 1.29 is 13.5 Å². The summed E-state index contributed by atoms with van der Waals surface area (Å²) in [7, 11) is -3.19. The van der Waals surface area contributed by atoms with Gasteiger partial charge in [0.15, 0.2) is 0 Å². The summed E-state index contributed by atoms with van der Waals surface area (Å²) in [5, 5.41) is 10.3. The van der Waals surface area contributed by atoms with Gasteiger partial charge in [0.25, 0.3) is 0 Å². The normalized spacial score (nSPS) is 13.8. The summed E-state index contributed by atoms with van der Waals surface area (Å²) in [5.74, 6) is -0.282. The quantitative estimate of drug-likeness (QED) is 0.918. The molecule has 0 amide bonds. The van der Waals surface area contributed by atoms with Gasteiger partial charge < -0.3 is 5.11 Å². The lowest BCUT2D eigenvalue weighted by molar-refractivity contribution is 0.198. The standard InChI is InChI=1S/C10H12Cl2O3S/c1-16(14,15)6-8(13)5-7-3-2-4-9(11)10(7)12/h2-4,8,13H,5-6H2,1H3. The van der Waals surface area contributed by atoms with Crippen molar-refractivity contribution >= 4 is 33.0 Å². The van der Waals surface area contributed by atoms with E-state index < -0.39 is 15.9 Å². The summed E-state index contributed by atoms with van der Waals surface area (Å²) >= 11 is 11.7. The SMILES string of the molecule is CS(=O)(=O)CC(O)Cc1cccc(Cl)c1Cl. The van der Waals surface area contributed by atoms with E-state index in [1.807, 2.05) is 0 Å². The van der Waals surface area contributed by atoms with Crippen LogP contribution in [0.15, 0.2) is 18.2 Å². The molecule has 0 bridgehead atoms. The number of aliphatic hydroxyl groups excluding tert-OH is 1. The minimum absolute atomic E-state index is 0.173. The third kappa shape index (κ3) is 4.29. The molecule has 1 rings (SSSR count). The molecule has 1 N–H and O–H groups in total. The van der Waals surface area contributed by atoms with E-state index in [-0.39, 0.29) is 12.2 Å². The highest BCUT2D eigenvalue weighted by Crippen LogP contribution is 2.26. The molecule has 1 atom stereocenters. The van der Waals surface area contributed by atoms with Gasteiger partial charge in [-0.1, -0.05) is 35.3 Å². The van der Waals surface area contributed by atoms with Gasteiger partial charge >= 0.3 is 0 Å². The fourth-order valence-corrected chi connectivity index (χ4v) is 2.58. The molecule has 0 saturated carbocycles. The number of sulfone groups is 1. The lowest BCUT2D eigenvalue weighted by Gasteiger charge is -2.11. The molecule has 1 aromatic rings. The molecule has 90 valence electrons. The van der Waals surface area contributed by atoms with Gasteiger partial charge in [-0.2, -0.15) is 0 Å². The van der Waals surface area contributed by atoms with Crippen molar-refractivity contribution in [2.75, 3.05) is 12.0 Å². The summed E-state index contributed by atoms with van der Waals surface area (Å²) in [4.78, 5) is 0. The maximum atomic E-state index is 11.0. The highest BCUT2D eigenvalue weighted by Gasteiger charge is 2.15. The molecule has 0 heterocycles. The van der Waals surface area contributed by atoms with Gasteiger partial charge in [-0.25, -0.2) is 8.42 Å². The maximum absolute atomic E-state index is 11.0. The van der Waals surface area contributed by atoms with Crippen LogP contribution in [0.3, 0.4) is 0 Å². The molecule has 0 aromatic heterocycles.